The highest BCUT2D eigenvalue weighted by Crippen LogP contribution is 2.36. The first-order chi connectivity index (χ1) is 11.5. The molecule has 0 aliphatic carbocycles. The predicted octanol–water partition coefficient (Wildman–Crippen LogP) is 2.22. The summed E-state index contributed by atoms with van der Waals surface area (Å²) in [6.07, 6.45) is 0.691. The van der Waals surface area contributed by atoms with Gasteiger partial charge in [-0.25, -0.2) is 9.69 Å². The normalized spacial score (nSPS) is 17.5. The molecule has 7 nitrogen and oxygen atoms in total. The van der Waals surface area contributed by atoms with E-state index in [-0.39, 0.29) is 28.9 Å². The Balaban J connectivity index is 1.83. The lowest BCUT2D eigenvalue weighted by Gasteiger charge is -2.11. The Morgan fingerprint density at radius 2 is 2.12 bits per heavy atom. The van der Waals surface area contributed by atoms with Gasteiger partial charge in [0.25, 0.3) is 0 Å². The number of nitrogens with zero attached hydrogens (tertiary/aromatic N) is 3. The zero-order valence-electron chi connectivity index (χ0n) is 12.6. The minimum Gasteiger partial charge on any atom is -0.478 e. The number of rotatable bonds is 5. The monoisotopic (exact) mass is 363 g/mol. The number of aryl methyl sites for hydroxylation is 1. The molecule has 0 radical (unpaired) electrons. The molecule has 1 saturated heterocycles. The summed E-state index contributed by atoms with van der Waals surface area (Å²) in [5, 5.41) is 17.4. The van der Waals surface area contributed by atoms with E-state index in [1.165, 1.54) is 17.4 Å². The Kier molecular flexibility index (Phi) is 4.63. The number of carbonyl (C=O) groups excluding carboxylic acids is 2. The fraction of sp³-hybridized carbons (Fsp3) is 0.267. The quantitative estimate of drug-likeness (QED) is 0.813. The van der Waals surface area contributed by atoms with Crippen molar-refractivity contribution >= 4 is 46.0 Å². The van der Waals surface area contributed by atoms with Crippen LogP contribution in [0.5, 0.6) is 0 Å². The molecule has 2 heterocycles. The third-order valence-corrected chi connectivity index (χ3v) is 5.76. The number of thioether (sulfide) groups is 1. The van der Waals surface area contributed by atoms with E-state index in [1.807, 2.05) is 6.92 Å². The first-order valence-electron chi connectivity index (χ1n) is 7.19. The van der Waals surface area contributed by atoms with Crippen molar-refractivity contribution in [3.05, 3.63) is 34.8 Å². The molecule has 124 valence electrons. The van der Waals surface area contributed by atoms with E-state index >= 15 is 0 Å². The van der Waals surface area contributed by atoms with Crippen molar-refractivity contribution in [2.45, 2.75) is 29.9 Å². The highest BCUT2D eigenvalue weighted by atomic mass is 32.2. The van der Waals surface area contributed by atoms with E-state index in [9.17, 15) is 19.5 Å². The lowest BCUT2D eigenvalue weighted by molar-refractivity contribution is -0.121. The predicted molar refractivity (Wildman–Crippen MR) is 89.4 cm³/mol. The van der Waals surface area contributed by atoms with Crippen LogP contribution < -0.4 is 4.90 Å². The minimum absolute atomic E-state index is 0.0124. The molecule has 1 aliphatic rings. The lowest BCUT2D eigenvalue weighted by atomic mass is 10.2. The molecular formula is C15H13N3O4S2. The summed E-state index contributed by atoms with van der Waals surface area (Å²) in [6, 6.07) is 6.43. The van der Waals surface area contributed by atoms with E-state index in [1.54, 1.807) is 18.2 Å². The number of benzene rings is 1. The van der Waals surface area contributed by atoms with Crippen LogP contribution in [0.25, 0.3) is 0 Å². The van der Waals surface area contributed by atoms with Crippen LogP contribution in [0.1, 0.15) is 28.7 Å². The summed E-state index contributed by atoms with van der Waals surface area (Å²) < 4.78 is 0. The second-order valence-corrected chi connectivity index (χ2v) is 7.30. The largest absolute Gasteiger partial charge is 0.478 e. The van der Waals surface area contributed by atoms with Gasteiger partial charge in [-0.05, 0) is 18.6 Å². The van der Waals surface area contributed by atoms with Gasteiger partial charge in [0.05, 0.1) is 10.8 Å². The van der Waals surface area contributed by atoms with Gasteiger partial charge in [-0.15, -0.1) is 22.0 Å². The Morgan fingerprint density at radius 1 is 1.38 bits per heavy atom. The van der Waals surface area contributed by atoms with Crippen molar-refractivity contribution in [2.24, 2.45) is 0 Å². The number of carboxylic acids is 1. The lowest BCUT2D eigenvalue weighted by Crippen LogP contribution is -2.31. The molecule has 0 spiro atoms. The molecule has 1 N–H and O–H groups in total. The zero-order valence-corrected chi connectivity index (χ0v) is 14.3. The van der Waals surface area contributed by atoms with E-state index < -0.39 is 11.2 Å². The van der Waals surface area contributed by atoms with Crippen LogP contribution in [-0.2, 0) is 16.0 Å². The maximum Gasteiger partial charge on any atom is 0.336 e. The van der Waals surface area contributed by atoms with Crippen molar-refractivity contribution in [1.29, 1.82) is 0 Å². The summed E-state index contributed by atoms with van der Waals surface area (Å²) in [4.78, 5) is 37.6. The van der Waals surface area contributed by atoms with Gasteiger partial charge in [0.15, 0.2) is 0 Å². The Hall–Kier alpha value is -2.26. The zero-order chi connectivity index (χ0) is 17.3. The van der Waals surface area contributed by atoms with Gasteiger partial charge in [0, 0.05) is 11.3 Å². The second kappa shape index (κ2) is 6.70. The molecule has 2 amide bonds. The topological polar surface area (TPSA) is 100 Å². The third kappa shape index (κ3) is 3.04. The fourth-order valence-corrected chi connectivity index (χ4v) is 4.25. The number of amides is 2. The van der Waals surface area contributed by atoms with Crippen LogP contribution in [0.15, 0.2) is 29.2 Å². The first-order valence-corrected chi connectivity index (χ1v) is 8.89. The average molecular weight is 363 g/mol. The highest BCUT2D eigenvalue weighted by molar-refractivity contribution is 8.00. The Morgan fingerprint density at radius 3 is 2.79 bits per heavy atom. The molecule has 1 aromatic carbocycles. The van der Waals surface area contributed by atoms with Crippen LogP contribution >= 0.6 is 23.1 Å². The Labute approximate surface area is 145 Å². The van der Waals surface area contributed by atoms with Gasteiger partial charge in [-0.2, -0.15) is 0 Å². The number of anilines is 1. The number of hydrogen-bond acceptors (Lipinski definition) is 7. The second-order valence-electron chi connectivity index (χ2n) is 5.01. The van der Waals surface area contributed by atoms with E-state index in [4.69, 9.17) is 0 Å². The van der Waals surface area contributed by atoms with Crippen molar-refractivity contribution in [2.75, 3.05) is 4.90 Å². The minimum atomic E-state index is -1.07. The number of hydrogen-bond donors (Lipinski definition) is 1. The molecule has 1 aromatic heterocycles. The number of carboxylic acid groups (broad SMARTS) is 1. The maximum atomic E-state index is 12.6. The number of imide groups is 1. The van der Waals surface area contributed by atoms with Gasteiger partial charge in [-0.1, -0.05) is 30.4 Å². The first kappa shape index (κ1) is 16.6. The molecule has 1 atom stereocenters. The van der Waals surface area contributed by atoms with E-state index in [0.717, 1.165) is 21.7 Å². The van der Waals surface area contributed by atoms with Crippen molar-refractivity contribution in [3.63, 3.8) is 0 Å². The van der Waals surface area contributed by atoms with Gasteiger partial charge in [0.1, 0.15) is 5.01 Å². The van der Waals surface area contributed by atoms with Gasteiger partial charge < -0.3 is 5.11 Å². The Bertz CT molecular complexity index is 821. The number of carbonyl (C=O) groups is 3. The molecule has 1 aliphatic heterocycles. The van der Waals surface area contributed by atoms with Crippen molar-refractivity contribution in [1.82, 2.24) is 10.2 Å². The number of aromatic carboxylic acids is 1. The van der Waals surface area contributed by atoms with Crippen LogP contribution in [0.3, 0.4) is 0 Å². The van der Waals surface area contributed by atoms with Crippen LogP contribution in [0, 0.1) is 0 Å². The van der Waals surface area contributed by atoms with Crippen molar-refractivity contribution < 1.29 is 19.5 Å². The molecule has 0 saturated carbocycles. The molecule has 24 heavy (non-hydrogen) atoms. The SMILES string of the molecule is CCc1nnc(N2C(=O)CC(Sc3ccccc3C(=O)O)C2=O)s1. The standard InChI is InChI=1S/C15H13N3O4S2/c1-2-11-16-17-15(24-11)18-12(19)7-10(13(18)20)23-9-6-4-3-5-8(9)14(21)22/h3-6,10H,2,7H2,1H3,(H,21,22). The molecule has 0 bridgehead atoms. The molecule has 1 unspecified atom stereocenters. The van der Waals surface area contributed by atoms with Crippen LogP contribution in [-0.4, -0.2) is 38.3 Å². The van der Waals surface area contributed by atoms with Gasteiger partial charge in [0.2, 0.25) is 16.9 Å². The van der Waals surface area contributed by atoms with Crippen molar-refractivity contribution in [3.8, 4) is 0 Å². The summed E-state index contributed by atoms with van der Waals surface area (Å²) in [5.41, 5.74) is 0.116. The summed E-state index contributed by atoms with van der Waals surface area (Å²) in [5.74, 6) is -1.79. The van der Waals surface area contributed by atoms with Gasteiger partial charge in [-0.3, -0.25) is 9.59 Å². The average Bonchev–Trinajstić information content (AvgIpc) is 3.12. The number of aromatic nitrogens is 2. The maximum absolute atomic E-state index is 12.6. The highest BCUT2D eigenvalue weighted by Gasteiger charge is 2.42. The molecule has 3 rings (SSSR count). The molecular weight excluding hydrogens is 350 g/mol. The molecule has 2 aromatic rings. The van der Waals surface area contributed by atoms with Gasteiger partial charge >= 0.3 is 5.97 Å². The third-order valence-electron chi connectivity index (χ3n) is 3.44. The molecule has 1 fully saturated rings. The van der Waals surface area contributed by atoms with Crippen LogP contribution in [0.2, 0.25) is 0 Å². The summed E-state index contributed by atoms with van der Waals surface area (Å²) in [7, 11) is 0. The summed E-state index contributed by atoms with van der Waals surface area (Å²) >= 11 is 2.31. The fourth-order valence-electron chi connectivity index (χ4n) is 2.27. The van der Waals surface area contributed by atoms with E-state index in [2.05, 4.69) is 10.2 Å². The molecule has 9 heteroatoms. The van der Waals surface area contributed by atoms with Crippen LogP contribution in [0.4, 0.5) is 5.13 Å². The smallest absolute Gasteiger partial charge is 0.336 e. The van der Waals surface area contributed by atoms with E-state index in [0.29, 0.717) is 11.3 Å². The summed E-state index contributed by atoms with van der Waals surface area (Å²) in [6.45, 7) is 1.92.